The van der Waals surface area contributed by atoms with Gasteiger partial charge in [0.15, 0.2) is 0 Å². The first-order chi connectivity index (χ1) is 14.3. The second-order valence-electron chi connectivity index (χ2n) is 8.43. The molecule has 1 unspecified atom stereocenters. The summed E-state index contributed by atoms with van der Waals surface area (Å²) in [6.07, 6.45) is 6.19. The van der Waals surface area contributed by atoms with Crippen LogP contribution >= 0.6 is 0 Å². The molecule has 1 spiro atoms. The number of benzene rings is 2. The second-order valence-corrected chi connectivity index (χ2v) is 10.6. The lowest BCUT2D eigenvalue weighted by Crippen LogP contribution is -2.46. The third-order valence-electron chi connectivity index (χ3n) is 6.14. The smallest absolute Gasteiger partial charge is 0.251 e. The van der Waals surface area contributed by atoms with Crippen LogP contribution in [-0.4, -0.2) is 38.3 Å². The van der Waals surface area contributed by atoms with E-state index in [9.17, 15) is 13.2 Å². The van der Waals surface area contributed by atoms with Crippen molar-refractivity contribution in [2.75, 3.05) is 14.1 Å². The van der Waals surface area contributed by atoms with Crippen LogP contribution in [0.25, 0.3) is 0 Å². The van der Waals surface area contributed by atoms with Crippen molar-refractivity contribution in [2.24, 2.45) is 0 Å². The zero-order valence-corrected chi connectivity index (χ0v) is 18.2. The summed E-state index contributed by atoms with van der Waals surface area (Å²) in [4.78, 5) is 13.2. The van der Waals surface area contributed by atoms with Crippen LogP contribution < -0.4 is 10.1 Å². The van der Waals surface area contributed by atoms with Crippen molar-refractivity contribution >= 4 is 15.9 Å². The quantitative estimate of drug-likeness (QED) is 0.802. The highest BCUT2D eigenvalue weighted by molar-refractivity contribution is 7.89. The zero-order chi connectivity index (χ0) is 21.4. The number of hydrogen-bond donors (Lipinski definition) is 1. The van der Waals surface area contributed by atoms with E-state index < -0.39 is 10.0 Å². The summed E-state index contributed by atoms with van der Waals surface area (Å²) in [6, 6.07) is 13.9. The third kappa shape index (κ3) is 3.96. The SMILES string of the molecule is CN(C)S(=O)(=O)c1cccc(C(=O)NC2CC3(CCCCC3)Oc3ccccc32)c1. The molecule has 2 aromatic carbocycles. The van der Waals surface area contributed by atoms with E-state index in [1.54, 1.807) is 12.1 Å². The van der Waals surface area contributed by atoms with Gasteiger partial charge in [0.1, 0.15) is 11.4 Å². The predicted molar refractivity (Wildman–Crippen MR) is 115 cm³/mol. The number of sulfonamides is 1. The summed E-state index contributed by atoms with van der Waals surface area (Å²) in [7, 11) is -0.650. The van der Waals surface area contributed by atoms with E-state index in [1.807, 2.05) is 24.3 Å². The summed E-state index contributed by atoms with van der Waals surface area (Å²) in [5, 5.41) is 3.14. The molecule has 1 fully saturated rings. The number of ether oxygens (including phenoxy) is 1. The Morgan fingerprint density at radius 2 is 1.80 bits per heavy atom. The molecule has 0 radical (unpaired) electrons. The molecular formula is C23H28N2O4S. The first-order valence-electron chi connectivity index (χ1n) is 10.4. The van der Waals surface area contributed by atoms with Crippen LogP contribution in [0.1, 0.15) is 60.5 Å². The molecule has 4 rings (SSSR count). The Morgan fingerprint density at radius 1 is 1.07 bits per heavy atom. The monoisotopic (exact) mass is 428 g/mol. The normalized spacial score (nSPS) is 20.4. The van der Waals surface area contributed by atoms with Crippen molar-refractivity contribution in [2.45, 2.75) is 55.1 Å². The Labute approximate surface area is 178 Å². The molecule has 1 aliphatic carbocycles. The second kappa shape index (κ2) is 8.04. The first kappa shape index (κ1) is 20.9. The maximum absolute atomic E-state index is 13.1. The molecular weight excluding hydrogens is 400 g/mol. The number of rotatable bonds is 4. The average molecular weight is 429 g/mol. The fourth-order valence-electron chi connectivity index (χ4n) is 4.50. The van der Waals surface area contributed by atoms with E-state index >= 15 is 0 Å². The van der Waals surface area contributed by atoms with Crippen molar-refractivity contribution < 1.29 is 17.9 Å². The van der Waals surface area contributed by atoms with Crippen molar-refractivity contribution in [1.82, 2.24) is 9.62 Å². The van der Waals surface area contributed by atoms with Crippen LogP contribution in [0.15, 0.2) is 53.4 Å². The van der Waals surface area contributed by atoms with Gasteiger partial charge in [-0.25, -0.2) is 12.7 Å². The number of carbonyl (C=O) groups is 1. The molecule has 1 aliphatic heterocycles. The van der Waals surface area contributed by atoms with Crippen LogP contribution in [0.2, 0.25) is 0 Å². The van der Waals surface area contributed by atoms with Crippen molar-refractivity contribution in [3.05, 3.63) is 59.7 Å². The van der Waals surface area contributed by atoms with Gasteiger partial charge in [-0.2, -0.15) is 0 Å². The van der Waals surface area contributed by atoms with Gasteiger partial charge in [-0.1, -0.05) is 30.7 Å². The highest BCUT2D eigenvalue weighted by atomic mass is 32.2. The summed E-state index contributed by atoms with van der Waals surface area (Å²) < 4.78 is 32.5. The van der Waals surface area contributed by atoms with E-state index in [0.717, 1.165) is 47.7 Å². The Bertz CT molecular complexity index is 1040. The van der Waals surface area contributed by atoms with Crippen molar-refractivity contribution in [3.63, 3.8) is 0 Å². The number of para-hydroxylation sites is 1. The standard InChI is InChI=1S/C23H28N2O4S/c1-25(2)30(27,28)18-10-8-9-17(15-18)22(26)24-20-16-23(13-6-3-7-14-23)29-21-12-5-4-11-19(20)21/h4-5,8-12,15,20H,3,6-7,13-14,16H2,1-2H3,(H,24,26). The molecule has 6 nitrogen and oxygen atoms in total. The molecule has 0 aromatic heterocycles. The summed E-state index contributed by atoms with van der Waals surface area (Å²) in [6.45, 7) is 0. The fraction of sp³-hybridized carbons (Fsp3) is 0.435. The molecule has 2 aromatic rings. The fourth-order valence-corrected chi connectivity index (χ4v) is 5.45. The minimum Gasteiger partial charge on any atom is -0.487 e. The molecule has 2 aliphatic rings. The Kier molecular flexibility index (Phi) is 5.59. The molecule has 1 amide bonds. The highest BCUT2D eigenvalue weighted by Gasteiger charge is 2.42. The molecule has 30 heavy (non-hydrogen) atoms. The molecule has 160 valence electrons. The van der Waals surface area contributed by atoms with E-state index in [1.165, 1.54) is 32.6 Å². The predicted octanol–water partition coefficient (Wildman–Crippen LogP) is 3.89. The molecule has 1 N–H and O–H groups in total. The van der Waals surface area contributed by atoms with E-state index in [4.69, 9.17) is 4.74 Å². The molecule has 1 atom stereocenters. The summed E-state index contributed by atoms with van der Waals surface area (Å²) in [5.41, 5.74) is 1.07. The Morgan fingerprint density at radius 3 is 2.53 bits per heavy atom. The van der Waals surface area contributed by atoms with Crippen LogP contribution in [0, 0.1) is 0 Å². The van der Waals surface area contributed by atoms with E-state index in [2.05, 4.69) is 5.32 Å². The molecule has 1 saturated carbocycles. The number of hydrogen-bond acceptors (Lipinski definition) is 4. The number of nitrogens with one attached hydrogen (secondary N) is 1. The first-order valence-corrected chi connectivity index (χ1v) is 11.9. The van der Waals surface area contributed by atoms with Crippen LogP contribution in [0.4, 0.5) is 0 Å². The van der Waals surface area contributed by atoms with Crippen molar-refractivity contribution in [3.8, 4) is 5.75 Å². The lowest BCUT2D eigenvalue weighted by atomic mass is 9.77. The van der Waals surface area contributed by atoms with Gasteiger partial charge < -0.3 is 10.1 Å². The number of carbonyl (C=O) groups excluding carboxylic acids is 1. The minimum atomic E-state index is -3.60. The molecule has 0 bridgehead atoms. The molecule has 0 saturated heterocycles. The molecule has 7 heteroatoms. The number of amides is 1. The lowest BCUT2D eigenvalue weighted by molar-refractivity contribution is -0.00210. The third-order valence-corrected chi connectivity index (χ3v) is 7.95. The lowest BCUT2D eigenvalue weighted by Gasteiger charge is -2.44. The van der Waals surface area contributed by atoms with Crippen LogP contribution in [-0.2, 0) is 10.0 Å². The summed E-state index contributed by atoms with van der Waals surface area (Å²) in [5.74, 6) is 0.554. The average Bonchev–Trinajstić information content (AvgIpc) is 2.74. The number of fused-ring (bicyclic) bond motifs is 1. The van der Waals surface area contributed by atoms with Gasteiger partial charge in [-0.3, -0.25) is 4.79 Å². The van der Waals surface area contributed by atoms with Crippen LogP contribution in [0.3, 0.4) is 0 Å². The Balaban J connectivity index is 1.61. The minimum absolute atomic E-state index is 0.108. The van der Waals surface area contributed by atoms with Gasteiger partial charge in [-0.15, -0.1) is 0 Å². The van der Waals surface area contributed by atoms with Gasteiger partial charge >= 0.3 is 0 Å². The summed E-state index contributed by atoms with van der Waals surface area (Å²) >= 11 is 0. The van der Waals surface area contributed by atoms with E-state index in [-0.39, 0.29) is 22.4 Å². The zero-order valence-electron chi connectivity index (χ0n) is 17.4. The van der Waals surface area contributed by atoms with Gasteiger partial charge in [0.25, 0.3) is 5.91 Å². The van der Waals surface area contributed by atoms with Gasteiger partial charge in [0.05, 0.1) is 10.9 Å². The number of nitrogens with zero attached hydrogens (tertiary/aromatic N) is 1. The molecule has 1 heterocycles. The Hall–Kier alpha value is -2.38. The van der Waals surface area contributed by atoms with Gasteiger partial charge in [0, 0.05) is 31.6 Å². The largest absolute Gasteiger partial charge is 0.487 e. The van der Waals surface area contributed by atoms with Gasteiger partial charge in [0.2, 0.25) is 10.0 Å². The van der Waals surface area contributed by atoms with Crippen molar-refractivity contribution in [1.29, 1.82) is 0 Å². The maximum atomic E-state index is 13.1. The maximum Gasteiger partial charge on any atom is 0.251 e. The van der Waals surface area contributed by atoms with Gasteiger partial charge in [-0.05, 0) is 49.9 Å². The van der Waals surface area contributed by atoms with E-state index in [0.29, 0.717) is 5.56 Å². The highest BCUT2D eigenvalue weighted by Crippen LogP contribution is 2.46. The van der Waals surface area contributed by atoms with Crippen LogP contribution in [0.5, 0.6) is 5.75 Å². The topological polar surface area (TPSA) is 75.7 Å².